The molecule has 2 atom stereocenters. The summed E-state index contributed by atoms with van der Waals surface area (Å²) in [5, 5.41) is 3.28. The van der Waals surface area contributed by atoms with E-state index < -0.39 is 0 Å². The average molecular weight is 253 g/mol. The molecule has 0 bridgehead atoms. The van der Waals surface area contributed by atoms with Gasteiger partial charge in [-0.05, 0) is 56.4 Å². The van der Waals surface area contributed by atoms with E-state index in [1.165, 1.54) is 19.3 Å². The average Bonchev–Trinajstić information content (AvgIpc) is 2.32. The number of esters is 1. The number of piperidine rings is 1. The van der Waals surface area contributed by atoms with Crippen molar-refractivity contribution in [2.75, 3.05) is 6.54 Å². The number of rotatable bonds is 2. The van der Waals surface area contributed by atoms with E-state index in [0.29, 0.717) is 11.3 Å². The number of ether oxygens (including phenoxy) is 1. The largest absolute Gasteiger partial charge is 0.461 e. The zero-order valence-electron chi connectivity index (χ0n) is 12.0. The highest BCUT2D eigenvalue weighted by Gasteiger charge is 2.32. The second-order valence-corrected chi connectivity index (χ2v) is 6.94. The molecule has 18 heavy (non-hydrogen) atoms. The molecule has 1 heterocycles. The molecule has 0 aromatic carbocycles. The zero-order valence-corrected chi connectivity index (χ0v) is 12.0. The molecule has 0 radical (unpaired) electrons. The van der Waals surface area contributed by atoms with Crippen molar-refractivity contribution >= 4 is 5.97 Å². The predicted octanol–water partition coefficient (Wildman–Crippen LogP) is 2.89. The molecule has 1 N–H and O–H groups in total. The molecule has 0 amide bonds. The van der Waals surface area contributed by atoms with Crippen LogP contribution in [0.1, 0.15) is 59.3 Å². The van der Waals surface area contributed by atoms with Crippen molar-refractivity contribution in [3.05, 3.63) is 0 Å². The van der Waals surface area contributed by atoms with Gasteiger partial charge in [0.25, 0.3) is 0 Å². The monoisotopic (exact) mass is 253 g/mol. The Bertz CT molecular complexity index is 291. The Morgan fingerprint density at radius 2 is 1.89 bits per heavy atom. The summed E-state index contributed by atoms with van der Waals surface area (Å²) >= 11 is 0. The van der Waals surface area contributed by atoms with Crippen molar-refractivity contribution in [2.45, 2.75) is 71.4 Å². The van der Waals surface area contributed by atoms with Gasteiger partial charge in [-0.25, -0.2) is 0 Å². The van der Waals surface area contributed by atoms with Gasteiger partial charge < -0.3 is 10.1 Å². The maximum Gasteiger partial charge on any atom is 0.323 e. The van der Waals surface area contributed by atoms with Gasteiger partial charge in [0, 0.05) is 0 Å². The van der Waals surface area contributed by atoms with Crippen LogP contribution in [0.3, 0.4) is 0 Å². The van der Waals surface area contributed by atoms with E-state index in [4.69, 9.17) is 4.74 Å². The van der Waals surface area contributed by atoms with E-state index in [0.717, 1.165) is 25.8 Å². The molecule has 1 saturated carbocycles. The van der Waals surface area contributed by atoms with Crippen LogP contribution in [-0.2, 0) is 9.53 Å². The van der Waals surface area contributed by atoms with Crippen molar-refractivity contribution in [3.8, 4) is 0 Å². The van der Waals surface area contributed by atoms with E-state index in [-0.39, 0.29) is 18.1 Å². The zero-order chi connectivity index (χ0) is 13.2. The Morgan fingerprint density at radius 3 is 2.50 bits per heavy atom. The smallest absolute Gasteiger partial charge is 0.323 e. The molecule has 1 saturated heterocycles. The van der Waals surface area contributed by atoms with E-state index in [2.05, 4.69) is 26.1 Å². The summed E-state index contributed by atoms with van der Waals surface area (Å²) in [4.78, 5) is 12.1. The van der Waals surface area contributed by atoms with Crippen molar-refractivity contribution in [2.24, 2.45) is 11.3 Å². The first kappa shape index (κ1) is 13.9. The van der Waals surface area contributed by atoms with Crippen LogP contribution in [0.4, 0.5) is 0 Å². The summed E-state index contributed by atoms with van der Waals surface area (Å²) < 4.78 is 5.67. The first-order chi connectivity index (χ1) is 8.46. The molecule has 2 fully saturated rings. The van der Waals surface area contributed by atoms with Crippen LogP contribution < -0.4 is 5.32 Å². The molecule has 104 valence electrons. The Kier molecular flexibility index (Phi) is 4.31. The van der Waals surface area contributed by atoms with Gasteiger partial charge in [0.2, 0.25) is 0 Å². The molecular weight excluding hydrogens is 226 g/mol. The van der Waals surface area contributed by atoms with Gasteiger partial charge in [0.1, 0.15) is 12.1 Å². The SMILES string of the molecule is CC1CCNC(C(=O)OC2CCC(C)(C)CC2)C1. The summed E-state index contributed by atoms with van der Waals surface area (Å²) in [5.41, 5.74) is 0.431. The normalized spacial score (nSPS) is 33.1. The molecule has 0 spiro atoms. The number of hydrogen-bond acceptors (Lipinski definition) is 3. The highest BCUT2D eigenvalue weighted by atomic mass is 16.5. The van der Waals surface area contributed by atoms with Gasteiger partial charge in [-0.2, -0.15) is 0 Å². The van der Waals surface area contributed by atoms with E-state index in [1.54, 1.807) is 0 Å². The molecule has 2 unspecified atom stereocenters. The molecule has 2 aliphatic rings. The van der Waals surface area contributed by atoms with E-state index >= 15 is 0 Å². The maximum absolute atomic E-state index is 12.1. The Balaban J connectivity index is 1.77. The number of hydrogen-bond donors (Lipinski definition) is 1. The third-order valence-corrected chi connectivity index (χ3v) is 4.52. The van der Waals surface area contributed by atoms with Crippen LogP contribution in [0.2, 0.25) is 0 Å². The minimum Gasteiger partial charge on any atom is -0.461 e. The predicted molar refractivity (Wildman–Crippen MR) is 72.3 cm³/mol. The molecule has 1 aliphatic heterocycles. The Morgan fingerprint density at radius 1 is 1.22 bits per heavy atom. The Hall–Kier alpha value is -0.570. The molecule has 2 rings (SSSR count). The van der Waals surface area contributed by atoms with Gasteiger partial charge in [0.05, 0.1) is 0 Å². The second kappa shape index (κ2) is 5.60. The van der Waals surface area contributed by atoms with Gasteiger partial charge in [0.15, 0.2) is 0 Å². The fraction of sp³-hybridized carbons (Fsp3) is 0.933. The third kappa shape index (κ3) is 3.71. The third-order valence-electron chi connectivity index (χ3n) is 4.52. The summed E-state index contributed by atoms with van der Waals surface area (Å²) in [6.45, 7) is 7.76. The molecule has 1 aliphatic carbocycles. The number of nitrogens with one attached hydrogen (secondary N) is 1. The van der Waals surface area contributed by atoms with E-state index in [9.17, 15) is 4.79 Å². The van der Waals surface area contributed by atoms with Crippen LogP contribution in [0.15, 0.2) is 0 Å². The van der Waals surface area contributed by atoms with E-state index in [1.807, 2.05) is 0 Å². The minimum absolute atomic E-state index is 0.0220. The van der Waals surface area contributed by atoms with Crippen molar-refractivity contribution in [1.29, 1.82) is 0 Å². The van der Waals surface area contributed by atoms with Gasteiger partial charge in [-0.1, -0.05) is 20.8 Å². The Labute approximate surface area is 111 Å². The summed E-state index contributed by atoms with van der Waals surface area (Å²) in [6.07, 6.45) is 6.64. The quantitative estimate of drug-likeness (QED) is 0.769. The topological polar surface area (TPSA) is 38.3 Å². The van der Waals surface area contributed by atoms with Gasteiger partial charge >= 0.3 is 5.97 Å². The highest BCUT2D eigenvalue weighted by Crippen LogP contribution is 2.36. The van der Waals surface area contributed by atoms with Crippen LogP contribution in [-0.4, -0.2) is 24.7 Å². The summed E-state index contributed by atoms with van der Waals surface area (Å²) in [7, 11) is 0. The molecule has 3 heteroatoms. The van der Waals surface area contributed by atoms with Gasteiger partial charge in [-0.15, -0.1) is 0 Å². The number of carbonyl (C=O) groups is 1. The number of carbonyl (C=O) groups excluding carboxylic acids is 1. The fourth-order valence-electron chi connectivity index (χ4n) is 3.02. The highest BCUT2D eigenvalue weighted by molar-refractivity contribution is 5.76. The van der Waals surface area contributed by atoms with Crippen LogP contribution in [0.25, 0.3) is 0 Å². The van der Waals surface area contributed by atoms with Crippen LogP contribution >= 0.6 is 0 Å². The van der Waals surface area contributed by atoms with Crippen molar-refractivity contribution in [3.63, 3.8) is 0 Å². The van der Waals surface area contributed by atoms with Gasteiger partial charge in [-0.3, -0.25) is 4.79 Å². The van der Waals surface area contributed by atoms with Crippen LogP contribution in [0.5, 0.6) is 0 Å². The summed E-state index contributed by atoms with van der Waals surface area (Å²) in [6, 6.07) is -0.0660. The standard InChI is InChI=1S/C15H27NO2/c1-11-6-9-16-13(10-11)14(17)18-12-4-7-15(2,3)8-5-12/h11-13,16H,4-10H2,1-3H3. The lowest BCUT2D eigenvalue weighted by atomic mass is 9.76. The maximum atomic E-state index is 12.1. The minimum atomic E-state index is -0.0660. The molecule has 3 nitrogen and oxygen atoms in total. The molecule has 0 aromatic rings. The fourth-order valence-corrected chi connectivity index (χ4v) is 3.02. The molecular formula is C15H27NO2. The van der Waals surface area contributed by atoms with Crippen LogP contribution in [0, 0.1) is 11.3 Å². The molecule has 0 aromatic heterocycles. The second-order valence-electron chi connectivity index (χ2n) is 6.94. The first-order valence-corrected chi connectivity index (χ1v) is 7.40. The van der Waals surface area contributed by atoms with Crippen molar-refractivity contribution in [1.82, 2.24) is 5.32 Å². The van der Waals surface area contributed by atoms with Crippen molar-refractivity contribution < 1.29 is 9.53 Å². The first-order valence-electron chi connectivity index (χ1n) is 7.40. The lowest BCUT2D eigenvalue weighted by Crippen LogP contribution is -2.45. The lowest BCUT2D eigenvalue weighted by Gasteiger charge is -2.35. The lowest BCUT2D eigenvalue weighted by molar-refractivity contribution is -0.155. The summed E-state index contributed by atoms with van der Waals surface area (Å²) in [5.74, 6) is 0.611.